The summed E-state index contributed by atoms with van der Waals surface area (Å²) in [6.07, 6.45) is 4.47. The first-order valence-electron chi connectivity index (χ1n) is 6.73. The van der Waals surface area contributed by atoms with Gasteiger partial charge in [0, 0.05) is 0 Å². The molecular weight excluding hydrogens is 198 g/mol. The van der Waals surface area contributed by atoms with Crippen LogP contribution in [0.2, 0.25) is 0 Å². The van der Waals surface area contributed by atoms with E-state index in [4.69, 9.17) is 10.5 Å². The van der Waals surface area contributed by atoms with Crippen LogP contribution in [0.25, 0.3) is 0 Å². The van der Waals surface area contributed by atoms with Gasteiger partial charge in [-0.15, -0.1) is 0 Å². The van der Waals surface area contributed by atoms with Crippen LogP contribution in [0.3, 0.4) is 0 Å². The van der Waals surface area contributed by atoms with E-state index in [9.17, 15) is 0 Å². The second-order valence-corrected chi connectivity index (χ2v) is 6.77. The third-order valence-electron chi connectivity index (χ3n) is 5.70. The topological polar surface area (TPSA) is 35.2 Å². The maximum Gasteiger partial charge on any atom is 0.0636 e. The number of ether oxygens (including phenoxy) is 1. The van der Waals surface area contributed by atoms with E-state index >= 15 is 0 Å². The standard InChI is InChI=1S/C14H27NO/c1-10(8-15)9-16-12-7-11-5-6-14(12,4)13(11,2)3/h10-12H,5-9,15H2,1-4H3. The molecule has 0 radical (unpaired) electrons. The molecule has 2 aliphatic carbocycles. The van der Waals surface area contributed by atoms with E-state index in [1.54, 1.807) is 0 Å². The van der Waals surface area contributed by atoms with E-state index in [1.165, 1.54) is 19.3 Å². The number of rotatable bonds is 4. The van der Waals surface area contributed by atoms with E-state index in [0.29, 0.717) is 22.9 Å². The zero-order chi connectivity index (χ0) is 12.0. The SMILES string of the molecule is CC(CN)COC1CC2CCC1(C)C2(C)C. The third kappa shape index (κ3) is 1.62. The van der Waals surface area contributed by atoms with Crippen LogP contribution in [0.1, 0.15) is 47.0 Å². The Morgan fingerprint density at radius 1 is 1.38 bits per heavy atom. The number of nitrogens with two attached hydrogens (primary N) is 1. The van der Waals surface area contributed by atoms with Crippen molar-refractivity contribution in [3.05, 3.63) is 0 Å². The van der Waals surface area contributed by atoms with E-state index in [1.807, 2.05) is 0 Å². The molecule has 0 aromatic rings. The summed E-state index contributed by atoms with van der Waals surface area (Å²) in [6.45, 7) is 11.0. The highest BCUT2D eigenvalue weighted by molar-refractivity contribution is 5.11. The predicted molar refractivity (Wildman–Crippen MR) is 67.2 cm³/mol. The van der Waals surface area contributed by atoms with Crippen molar-refractivity contribution in [2.45, 2.75) is 53.1 Å². The summed E-state index contributed by atoms with van der Waals surface area (Å²) >= 11 is 0. The van der Waals surface area contributed by atoms with Crippen molar-refractivity contribution in [3.63, 3.8) is 0 Å². The van der Waals surface area contributed by atoms with Crippen LogP contribution >= 0.6 is 0 Å². The third-order valence-corrected chi connectivity index (χ3v) is 5.70. The van der Waals surface area contributed by atoms with Crippen molar-refractivity contribution in [1.82, 2.24) is 0 Å². The van der Waals surface area contributed by atoms with Gasteiger partial charge in [-0.3, -0.25) is 0 Å². The van der Waals surface area contributed by atoms with Crippen molar-refractivity contribution < 1.29 is 4.74 Å². The molecule has 2 nitrogen and oxygen atoms in total. The molecule has 2 saturated carbocycles. The first kappa shape index (κ1) is 12.4. The summed E-state index contributed by atoms with van der Waals surface area (Å²) in [4.78, 5) is 0. The van der Waals surface area contributed by atoms with Gasteiger partial charge in [0.15, 0.2) is 0 Å². The van der Waals surface area contributed by atoms with Crippen LogP contribution in [-0.4, -0.2) is 19.3 Å². The fourth-order valence-corrected chi connectivity index (χ4v) is 3.73. The number of fused-ring (bicyclic) bond motifs is 2. The molecule has 0 aliphatic heterocycles. The number of hydrogen-bond donors (Lipinski definition) is 1. The summed E-state index contributed by atoms with van der Waals surface area (Å²) in [6, 6.07) is 0. The van der Waals surface area contributed by atoms with E-state index < -0.39 is 0 Å². The zero-order valence-corrected chi connectivity index (χ0v) is 11.3. The smallest absolute Gasteiger partial charge is 0.0636 e. The first-order chi connectivity index (χ1) is 7.41. The van der Waals surface area contributed by atoms with E-state index in [-0.39, 0.29) is 0 Å². The normalized spacial score (nSPS) is 42.6. The van der Waals surface area contributed by atoms with Crippen LogP contribution in [0.15, 0.2) is 0 Å². The summed E-state index contributed by atoms with van der Waals surface area (Å²) in [5, 5.41) is 0. The molecule has 0 amide bonds. The molecule has 0 heterocycles. The Kier molecular flexibility index (Phi) is 3.09. The number of hydrogen-bond acceptors (Lipinski definition) is 2. The summed E-state index contributed by atoms with van der Waals surface area (Å²) in [5.74, 6) is 1.36. The Hall–Kier alpha value is -0.0800. The lowest BCUT2D eigenvalue weighted by molar-refractivity contribution is -0.0560. The maximum absolute atomic E-state index is 6.15. The lowest BCUT2D eigenvalue weighted by Crippen LogP contribution is -2.38. The molecule has 2 N–H and O–H groups in total. The van der Waals surface area contributed by atoms with Gasteiger partial charge in [0.1, 0.15) is 0 Å². The van der Waals surface area contributed by atoms with Crippen molar-refractivity contribution in [3.8, 4) is 0 Å². The largest absolute Gasteiger partial charge is 0.377 e. The second kappa shape index (κ2) is 3.99. The molecule has 0 saturated heterocycles. The molecule has 2 heteroatoms. The molecule has 2 aliphatic rings. The second-order valence-electron chi connectivity index (χ2n) is 6.77. The molecule has 2 fully saturated rings. The van der Waals surface area contributed by atoms with Gasteiger partial charge < -0.3 is 10.5 Å². The monoisotopic (exact) mass is 225 g/mol. The van der Waals surface area contributed by atoms with Gasteiger partial charge in [-0.05, 0) is 48.5 Å². The summed E-state index contributed by atoms with van der Waals surface area (Å²) < 4.78 is 6.15. The molecule has 94 valence electrons. The van der Waals surface area contributed by atoms with Crippen LogP contribution in [-0.2, 0) is 4.74 Å². The Morgan fingerprint density at radius 3 is 2.50 bits per heavy atom. The maximum atomic E-state index is 6.15. The van der Waals surface area contributed by atoms with Gasteiger partial charge in [0.2, 0.25) is 0 Å². The Labute approximate surface area is 99.9 Å². The molecular formula is C14H27NO. The predicted octanol–water partition coefficient (Wildman–Crippen LogP) is 2.81. The lowest BCUT2D eigenvalue weighted by Gasteiger charge is -2.39. The highest BCUT2D eigenvalue weighted by Gasteiger charge is 2.61. The zero-order valence-electron chi connectivity index (χ0n) is 11.3. The minimum atomic E-state index is 0.395. The molecule has 2 rings (SSSR count). The van der Waals surface area contributed by atoms with Crippen LogP contribution in [0.5, 0.6) is 0 Å². The molecule has 16 heavy (non-hydrogen) atoms. The average Bonchev–Trinajstić information content (AvgIpc) is 2.58. The van der Waals surface area contributed by atoms with Crippen molar-refractivity contribution >= 4 is 0 Å². The first-order valence-corrected chi connectivity index (χ1v) is 6.73. The van der Waals surface area contributed by atoms with Gasteiger partial charge in [-0.25, -0.2) is 0 Å². The van der Waals surface area contributed by atoms with Gasteiger partial charge in [-0.1, -0.05) is 27.7 Å². The molecule has 0 aromatic heterocycles. The van der Waals surface area contributed by atoms with Crippen molar-refractivity contribution in [2.75, 3.05) is 13.2 Å². The van der Waals surface area contributed by atoms with Gasteiger partial charge in [0.05, 0.1) is 12.7 Å². The Morgan fingerprint density at radius 2 is 2.06 bits per heavy atom. The van der Waals surface area contributed by atoms with Crippen LogP contribution < -0.4 is 5.73 Å². The molecule has 2 bridgehead atoms. The minimum Gasteiger partial charge on any atom is -0.377 e. The summed E-state index contributed by atoms with van der Waals surface area (Å²) in [7, 11) is 0. The molecule has 4 unspecified atom stereocenters. The van der Waals surface area contributed by atoms with Gasteiger partial charge >= 0.3 is 0 Å². The van der Waals surface area contributed by atoms with E-state index in [0.717, 1.165) is 19.1 Å². The Bertz CT molecular complexity index is 263. The van der Waals surface area contributed by atoms with Crippen molar-refractivity contribution in [2.24, 2.45) is 28.4 Å². The quantitative estimate of drug-likeness (QED) is 0.798. The fourth-order valence-electron chi connectivity index (χ4n) is 3.73. The van der Waals surface area contributed by atoms with Crippen LogP contribution in [0, 0.1) is 22.7 Å². The van der Waals surface area contributed by atoms with E-state index in [2.05, 4.69) is 27.7 Å². The van der Waals surface area contributed by atoms with Crippen LogP contribution in [0.4, 0.5) is 0 Å². The Balaban J connectivity index is 1.99. The highest BCUT2D eigenvalue weighted by Crippen LogP contribution is 2.66. The fraction of sp³-hybridized carbons (Fsp3) is 1.00. The van der Waals surface area contributed by atoms with Gasteiger partial charge in [-0.2, -0.15) is 0 Å². The molecule has 0 aromatic carbocycles. The van der Waals surface area contributed by atoms with Gasteiger partial charge in [0.25, 0.3) is 0 Å². The summed E-state index contributed by atoms with van der Waals surface area (Å²) in [5.41, 5.74) is 6.50. The molecule has 4 atom stereocenters. The highest BCUT2D eigenvalue weighted by atomic mass is 16.5. The molecule has 0 spiro atoms. The lowest BCUT2D eigenvalue weighted by atomic mass is 9.70. The average molecular weight is 225 g/mol. The van der Waals surface area contributed by atoms with Crippen molar-refractivity contribution in [1.29, 1.82) is 0 Å². The minimum absolute atomic E-state index is 0.395.